The summed E-state index contributed by atoms with van der Waals surface area (Å²) in [4.78, 5) is 112. The Morgan fingerprint density at radius 3 is 1.83 bits per heavy atom. The lowest BCUT2D eigenvalue weighted by atomic mass is 9.34. The van der Waals surface area contributed by atoms with Gasteiger partial charge in [0.15, 0.2) is 11.5 Å². The van der Waals surface area contributed by atoms with E-state index >= 15 is 0 Å². The standard InChI is InChI=1S/C50H59Cl2N10O12P/c1-26-18-55-41-35(73-48(68)60(4)13-12-59(3)47(67)72-22-28-7-9-31(10-8-28)57-43(63)32(6-5-11-53)58-46(54)66)14-33-39(37(26)41)29(16-51)20-61(33)44(64)49-23-50(24-49,25-49)45(65)62-21-30(17-52)40-34(62)15-36(74-75(69,70)71)42-38(40)27(2)19-56-42/h7-10,14-15,18-19,29-30,32,55-56H,5-6,11-13,16-17,20-25,53H2,1-4H3,(H,57,63)(H3,54,58,66)(H2,69,70,71)/t29-,30-,32?,49?,50?/m1/s1. The zero-order valence-corrected chi connectivity index (χ0v) is 44.1. The Labute approximate surface area is 440 Å². The molecule has 25 heteroatoms. The number of nitrogens with one attached hydrogen (secondary N) is 4. The third kappa shape index (κ3) is 9.95. The number of hydrogen-bond donors (Lipinski definition) is 8. The number of urea groups is 1. The smallest absolute Gasteiger partial charge is 0.445 e. The molecule has 2 aromatic heterocycles. The summed E-state index contributed by atoms with van der Waals surface area (Å²) < 4.78 is 28.7. The van der Waals surface area contributed by atoms with Gasteiger partial charge in [0.1, 0.15) is 12.6 Å². The SMILES string of the molecule is Cc1c[nH]c2c(OC(=O)N(C)CCN(C)C(=O)OCc3ccc(NC(=O)C(CCCN)NC(N)=O)cc3)cc3c(c12)[C@H](CCl)CN3C(=O)C12CC(C(=O)N3C[C@@H](CCl)c4c3cc(OP(=O)(O)O)c3[nH]cc(C)c43)(C1)C2. The molecule has 0 radical (unpaired) electrons. The number of rotatable bonds is 18. The first-order valence-corrected chi connectivity index (χ1v) is 27.0. The number of phosphoric acid groups is 1. The summed E-state index contributed by atoms with van der Waals surface area (Å²) in [5, 5.41) is 6.61. The predicted octanol–water partition coefficient (Wildman–Crippen LogP) is 6.36. The Kier molecular flexibility index (Phi) is 14.6. The molecule has 3 saturated carbocycles. The maximum absolute atomic E-state index is 14.8. The molecule has 0 saturated heterocycles. The number of aromatic nitrogens is 2. The normalized spacial score (nSPS) is 20.7. The van der Waals surface area contributed by atoms with E-state index in [-0.39, 0.29) is 79.7 Å². The average Bonchev–Trinajstić information content (AvgIpc) is 4.12. The summed E-state index contributed by atoms with van der Waals surface area (Å²) in [7, 11) is -1.91. The average molecular weight is 1090 g/mol. The first-order chi connectivity index (χ1) is 35.6. The monoisotopic (exact) mass is 1090 g/mol. The van der Waals surface area contributed by atoms with Gasteiger partial charge in [-0.1, -0.05) is 12.1 Å². The molecule has 3 aliphatic carbocycles. The van der Waals surface area contributed by atoms with Crippen LogP contribution >= 0.6 is 31.0 Å². The van der Waals surface area contributed by atoms with Crippen LogP contribution in [0.2, 0.25) is 0 Å². The number of nitrogens with zero attached hydrogens (tertiary/aromatic N) is 4. The lowest BCUT2D eigenvalue weighted by Gasteiger charge is -2.69. The van der Waals surface area contributed by atoms with E-state index in [4.69, 9.17) is 48.7 Å². The molecule has 10 rings (SSSR count). The number of H-pyrrole nitrogens is 2. The Balaban J connectivity index is 0.833. The molecule has 5 aromatic rings. The lowest BCUT2D eigenvalue weighted by molar-refractivity contribution is -0.205. The summed E-state index contributed by atoms with van der Waals surface area (Å²) in [6.45, 7) is 4.73. The predicted molar refractivity (Wildman–Crippen MR) is 280 cm³/mol. The van der Waals surface area contributed by atoms with Gasteiger partial charge < -0.3 is 65.7 Å². The van der Waals surface area contributed by atoms with Gasteiger partial charge in [-0.2, -0.15) is 0 Å². The number of benzene rings is 3. The number of aromatic amines is 2. The lowest BCUT2D eigenvalue weighted by Crippen LogP contribution is -2.73. The molecule has 0 spiro atoms. The number of amides is 7. The second kappa shape index (κ2) is 20.5. The van der Waals surface area contributed by atoms with E-state index in [0.717, 1.165) is 27.6 Å². The summed E-state index contributed by atoms with van der Waals surface area (Å²) in [6, 6.07) is 8.08. The highest BCUT2D eigenvalue weighted by Gasteiger charge is 2.76. The van der Waals surface area contributed by atoms with Crippen LogP contribution in [0.15, 0.2) is 48.8 Å². The number of halogens is 2. The number of aryl methyl sites for hydroxylation is 2. The van der Waals surface area contributed by atoms with Crippen molar-refractivity contribution < 1.29 is 57.1 Å². The number of nitrogens with two attached hydrogens (primary N) is 2. The minimum absolute atomic E-state index is 0.0729. The first kappa shape index (κ1) is 53.3. The van der Waals surface area contributed by atoms with Crippen LogP contribution in [0.5, 0.6) is 11.5 Å². The molecule has 400 valence electrons. The van der Waals surface area contributed by atoms with E-state index in [9.17, 15) is 43.1 Å². The third-order valence-corrected chi connectivity index (χ3v) is 16.2. The molecule has 4 heterocycles. The van der Waals surface area contributed by atoms with Gasteiger partial charge in [-0.15, -0.1) is 23.2 Å². The number of alkyl halides is 2. The quantitative estimate of drug-likeness (QED) is 0.0350. The number of carbonyl (C=O) groups is 6. The van der Waals surface area contributed by atoms with Crippen LogP contribution in [0.1, 0.15) is 71.8 Å². The summed E-state index contributed by atoms with van der Waals surface area (Å²) in [6.07, 6.45) is 3.86. The molecular formula is C50H59Cl2N10O12P. The maximum Gasteiger partial charge on any atom is 0.524 e. The zero-order valence-electron chi connectivity index (χ0n) is 41.7. The molecular weight excluding hydrogens is 1030 g/mol. The van der Waals surface area contributed by atoms with Gasteiger partial charge in [0.05, 0.1) is 33.2 Å². The summed E-state index contributed by atoms with van der Waals surface area (Å²) in [5.74, 6) is -0.803. The molecule has 2 bridgehead atoms. The highest BCUT2D eigenvalue weighted by molar-refractivity contribution is 7.46. The van der Waals surface area contributed by atoms with Crippen LogP contribution in [0.25, 0.3) is 21.8 Å². The Bertz CT molecular complexity index is 3160. The van der Waals surface area contributed by atoms with Gasteiger partial charge in [-0.25, -0.2) is 18.9 Å². The molecule has 10 N–H and O–H groups in total. The molecule has 7 amide bonds. The van der Waals surface area contributed by atoms with Gasteiger partial charge in [0.25, 0.3) is 0 Å². The fourth-order valence-corrected chi connectivity index (χ4v) is 12.2. The van der Waals surface area contributed by atoms with Crippen molar-refractivity contribution in [1.29, 1.82) is 0 Å². The number of hydrogen-bond acceptors (Lipinski definition) is 11. The molecule has 3 atom stereocenters. The molecule has 3 aromatic carbocycles. The Morgan fingerprint density at radius 1 is 0.827 bits per heavy atom. The van der Waals surface area contributed by atoms with Crippen LogP contribution in [-0.4, -0.2) is 130 Å². The largest absolute Gasteiger partial charge is 0.524 e. The van der Waals surface area contributed by atoms with Crippen LogP contribution in [0.3, 0.4) is 0 Å². The summed E-state index contributed by atoms with van der Waals surface area (Å²) >= 11 is 13.1. The Morgan fingerprint density at radius 2 is 1.33 bits per heavy atom. The van der Waals surface area contributed by atoms with E-state index in [2.05, 4.69) is 20.6 Å². The van der Waals surface area contributed by atoms with Gasteiger partial charge in [0, 0.05) is 105 Å². The van der Waals surface area contributed by atoms with Crippen molar-refractivity contribution >= 4 is 106 Å². The number of anilines is 3. The highest BCUT2D eigenvalue weighted by atomic mass is 35.5. The highest BCUT2D eigenvalue weighted by Crippen LogP contribution is 2.75. The Hall–Kier alpha value is -6.55. The van der Waals surface area contributed by atoms with E-state index in [1.807, 2.05) is 13.8 Å². The van der Waals surface area contributed by atoms with Gasteiger partial charge >= 0.3 is 26.0 Å². The second-order valence-electron chi connectivity index (χ2n) is 20.2. The zero-order chi connectivity index (χ0) is 53.9. The minimum Gasteiger partial charge on any atom is -0.445 e. The first-order valence-electron chi connectivity index (χ1n) is 24.4. The number of carbonyl (C=O) groups excluding carboxylic acids is 6. The van der Waals surface area contributed by atoms with Crippen LogP contribution < -0.4 is 41.2 Å². The van der Waals surface area contributed by atoms with Crippen molar-refractivity contribution in [3.8, 4) is 11.5 Å². The third-order valence-electron chi connectivity index (χ3n) is 15.0. The van der Waals surface area contributed by atoms with Gasteiger partial charge in [0.2, 0.25) is 17.7 Å². The number of phosphoric ester groups is 1. The van der Waals surface area contributed by atoms with Crippen molar-refractivity contribution in [1.82, 2.24) is 25.1 Å². The molecule has 1 unspecified atom stereocenters. The van der Waals surface area contributed by atoms with Gasteiger partial charge in [-0.05, 0) is 92.4 Å². The molecule has 3 fully saturated rings. The molecule has 2 aliphatic heterocycles. The van der Waals surface area contributed by atoms with Crippen LogP contribution in [0.4, 0.5) is 31.4 Å². The van der Waals surface area contributed by atoms with E-state index < -0.39 is 48.8 Å². The van der Waals surface area contributed by atoms with E-state index in [1.165, 1.54) is 30.0 Å². The van der Waals surface area contributed by atoms with E-state index in [0.29, 0.717) is 77.7 Å². The van der Waals surface area contributed by atoms with Crippen LogP contribution in [0, 0.1) is 24.7 Å². The minimum atomic E-state index is -4.97. The summed E-state index contributed by atoms with van der Waals surface area (Å²) in [5.41, 5.74) is 15.5. The van der Waals surface area contributed by atoms with Crippen molar-refractivity contribution in [2.75, 3.05) is 73.7 Å². The fourth-order valence-electron chi connectivity index (χ4n) is 11.3. The maximum atomic E-state index is 14.8. The fraction of sp³-hybridized carbons (Fsp3) is 0.440. The van der Waals surface area contributed by atoms with Crippen molar-refractivity contribution in [3.05, 3.63) is 76.6 Å². The number of fused-ring (bicyclic) bond motifs is 6. The van der Waals surface area contributed by atoms with Crippen LogP contribution in [-0.2, 0) is 30.3 Å². The number of primary amides is 1. The van der Waals surface area contributed by atoms with Crippen molar-refractivity contribution in [2.24, 2.45) is 22.3 Å². The number of likely N-dealkylation sites (N-methyl/N-ethyl adjacent to an activating group) is 2. The number of ether oxygens (including phenoxy) is 2. The second-order valence-corrected chi connectivity index (χ2v) is 22.0. The molecule has 22 nitrogen and oxygen atoms in total. The molecule has 5 aliphatic rings. The van der Waals surface area contributed by atoms with Crippen molar-refractivity contribution in [3.63, 3.8) is 0 Å². The van der Waals surface area contributed by atoms with E-state index in [1.54, 1.807) is 52.5 Å². The topological polar surface area (TPSA) is 308 Å². The van der Waals surface area contributed by atoms with Gasteiger partial charge in [-0.3, -0.25) is 24.2 Å². The van der Waals surface area contributed by atoms with Crippen molar-refractivity contribution in [2.45, 2.75) is 70.4 Å². The molecule has 75 heavy (non-hydrogen) atoms.